The molecule has 1 amide bonds. The van der Waals surface area contributed by atoms with Gasteiger partial charge in [-0.2, -0.15) is 0 Å². The molecule has 3 nitrogen and oxygen atoms in total. The van der Waals surface area contributed by atoms with Gasteiger partial charge in [-0.1, -0.05) is 30.9 Å². The molecule has 106 valence electrons. The number of carbonyl (C=O) groups is 1. The standard InChI is InChI=1S/C17H21NO2/c1-12-7-8-16-15(9-12)13(11-20-16)10-17(19)18-14-5-3-2-4-6-14/h7-9,11,14H,2-6,10H2,1H3,(H,18,19). The summed E-state index contributed by atoms with van der Waals surface area (Å²) in [6.45, 7) is 2.05. The molecule has 1 aromatic heterocycles. The van der Waals surface area contributed by atoms with Gasteiger partial charge in [0.25, 0.3) is 0 Å². The summed E-state index contributed by atoms with van der Waals surface area (Å²) in [4.78, 5) is 12.2. The third-order valence-electron chi connectivity index (χ3n) is 4.13. The fourth-order valence-electron chi connectivity index (χ4n) is 3.03. The molecule has 1 heterocycles. The van der Waals surface area contributed by atoms with Crippen LogP contribution in [0.3, 0.4) is 0 Å². The monoisotopic (exact) mass is 271 g/mol. The fraction of sp³-hybridized carbons (Fsp3) is 0.471. The highest BCUT2D eigenvalue weighted by Gasteiger charge is 2.17. The van der Waals surface area contributed by atoms with E-state index in [9.17, 15) is 4.79 Å². The molecule has 0 bridgehead atoms. The normalized spacial score (nSPS) is 16.4. The van der Waals surface area contributed by atoms with E-state index in [1.54, 1.807) is 6.26 Å². The fourth-order valence-corrected chi connectivity index (χ4v) is 3.03. The number of amides is 1. The molecular weight excluding hydrogens is 250 g/mol. The molecule has 0 aliphatic heterocycles. The summed E-state index contributed by atoms with van der Waals surface area (Å²) < 4.78 is 5.51. The van der Waals surface area contributed by atoms with E-state index in [2.05, 4.69) is 18.3 Å². The zero-order chi connectivity index (χ0) is 13.9. The summed E-state index contributed by atoms with van der Waals surface area (Å²) in [7, 11) is 0. The van der Waals surface area contributed by atoms with E-state index in [0.29, 0.717) is 12.5 Å². The minimum Gasteiger partial charge on any atom is -0.464 e. The second-order valence-corrected chi connectivity index (χ2v) is 5.84. The van der Waals surface area contributed by atoms with Gasteiger partial charge in [-0.05, 0) is 31.9 Å². The second-order valence-electron chi connectivity index (χ2n) is 5.84. The van der Waals surface area contributed by atoms with E-state index < -0.39 is 0 Å². The first-order valence-electron chi connectivity index (χ1n) is 7.48. The molecule has 2 aromatic rings. The number of hydrogen-bond donors (Lipinski definition) is 1. The Kier molecular flexibility index (Phi) is 3.77. The van der Waals surface area contributed by atoms with Crippen molar-refractivity contribution >= 4 is 16.9 Å². The molecule has 0 radical (unpaired) electrons. The molecule has 0 saturated heterocycles. The first kappa shape index (κ1) is 13.2. The first-order chi connectivity index (χ1) is 9.72. The highest BCUT2D eigenvalue weighted by atomic mass is 16.3. The number of nitrogens with one attached hydrogen (secondary N) is 1. The van der Waals surface area contributed by atoms with Crippen LogP contribution < -0.4 is 5.32 Å². The van der Waals surface area contributed by atoms with Gasteiger partial charge < -0.3 is 9.73 Å². The smallest absolute Gasteiger partial charge is 0.224 e. The average molecular weight is 271 g/mol. The number of carbonyl (C=O) groups excluding carboxylic acids is 1. The van der Waals surface area contributed by atoms with Crippen molar-refractivity contribution < 1.29 is 9.21 Å². The van der Waals surface area contributed by atoms with Crippen molar-refractivity contribution in [3.63, 3.8) is 0 Å². The quantitative estimate of drug-likeness (QED) is 0.924. The molecule has 1 N–H and O–H groups in total. The number of benzene rings is 1. The Labute approximate surface area is 119 Å². The van der Waals surface area contributed by atoms with Gasteiger partial charge in [0.1, 0.15) is 5.58 Å². The number of furan rings is 1. The van der Waals surface area contributed by atoms with Gasteiger partial charge in [0.2, 0.25) is 5.91 Å². The Morgan fingerprint density at radius 3 is 2.90 bits per heavy atom. The average Bonchev–Trinajstić information content (AvgIpc) is 2.82. The van der Waals surface area contributed by atoms with Gasteiger partial charge in [-0.25, -0.2) is 0 Å². The van der Waals surface area contributed by atoms with E-state index in [1.807, 2.05) is 12.1 Å². The van der Waals surface area contributed by atoms with Crippen LogP contribution in [-0.4, -0.2) is 11.9 Å². The van der Waals surface area contributed by atoms with Crippen molar-refractivity contribution in [2.24, 2.45) is 0 Å². The molecule has 1 aliphatic carbocycles. The van der Waals surface area contributed by atoms with E-state index in [4.69, 9.17) is 4.42 Å². The van der Waals surface area contributed by atoms with Crippen LogP contribution in [0, 0.1) is 6.92 Å². The molecule has 0 spiro atoms. The number of hydrogen-bond acceptors (Lipinski definition) is 2. The SMILES string of the molecule is Cc1ccc2occ(CC(=O)NC3CCCCC3)c2c1. The summed E-state index contributed by atoms with van der Waals surface area (Å²) in [5, 5.41) is 4.21. The van der Waals surface area contributed by atoms with Gasteiger partial charge in [0, 0.05) is 17.0 Å². The maximum absolute atomic E-state index is 12.2. The van der Waals surface area contributed by atoms with Crippen LogP contribution in [0.15, 0.2) is 28.9 Å². The van der Waals surface area contributed by atoms with Gasteiger partial charge in [-0.3, -0.25) is 4.79 Å². The highest BCUT2D eigenvalue weighted by molar-refractivity contribution is 5.88. The predicted molar refractivity (Wildman–Crippen MR) is 79.7 cm³/mol. The van der Waals surface area contributed by atoms with E-state index in [1.165, 1.54) is 24.8 Å². The largest absolute Gasteiger partial charge is 0.464 e. The predicted octanol–water partition coefficient (Wildman–Crippen LogP) is 3.73. The topological polar surface area (TPSA) is 42.2 Å². The minimum absolute atomic E-state index is 0.112. The van der Waals surface area contributed by atoms with Crippen LogP contribution in [-0.2, 0) is 11.2 Å². The Hall–Kier alpha value is -1.77. The number of aryl methyl sites for hydroxylation is 1. The van der Waals surface area contributed by atoms with Crippen molar-refractivity contribution in [2.45, 2.75) is 51.5 Å². The lowest BCUT2D eigenvalue weighted by atomic mass is 9.95. The summed E-state index contributed by atoms with van der Waals surface area (Å²) in [5.41, 5.74) is 3.03. The molecule has 20 heavy (non-hydrogen) atoms. The molecule has 1 aromatic carbocycles. The van der Waals surface area contributed by atoms with Crippen molar-refractivity contribution in [1.82, 2.24) is 5.32 Å². The molecule has 0 atom stereocenters. The van der Waals surface area contributed by atoms with Crippen LogP contribution in [0.1, 0.15) is 43.2 Å². The Bertz CT molecular complexity index is 608. The Balaban J connectivity index is 1.69. The Morgan fingerprint density at radius 1 is 1.30 bits per heavy atom. The molecule has 1 fully saturated rings. The van der Waals surface area contributed by atoms with Crippen LogP contribution in [0.25, 0.3) is 11.0 Å². The third kappa shape index (κ3) is 2.87. The van der Waals surface area contributed by atoms with Crippen LogP contribution in [0.5, 0.6) is 0 Å². The minimum atomic E-state index is 0.112. The van der Waals surface area contributed by atoms with Crippen molar-refractivity contribution in [3.05, 3.63) is 35.6 Å². The summed E-state index contributed by atoms with van der Waals surface area (Å²) >= 11 is 0. The summed E-state index contributed by atoms with van der Waals surface area (Å²) in [6.07, 6.45) is 8.14. The summed E-state index contributed by atoms with van der Waals surface area (Å²) in [5.74, 6) is 0.112. The lowest BCUT2D eigenvalue weighted by Crippen LogP contribution is -2.37. The van der Waals surface area contributed by atoms with Crippen molar-refractivity contribution in [2.75, 3.05) is 0 Å². The zero-order valence-corrected chi connectivity index (χ0v) is 11.9. The van der Waals surface area contributed by atoms with Gasteiger partial charge in [0.15, 0.2) is 0 Å². The molecule has 3 rings (SSSR count). The third-order valence-corrected chi connectivity index (χ3v) is 4.13. The van der Waals surface area contributed by atoms with Crippen LogP contribution in [0.2, 0.25) is 0 Å². The van der Waals surface area contributed by atoms with Crippen molar-refractivity contribution in [1.29, 1.82) is 0 Å². The molecule has 0 unspecified atom stereocenters. The molecule has 3 heteroatoms. The van der Waals surface area contributed by atoms with Crippen molar-refractivity contribution in [3.8, 4) is 0 Å². The lowest BCUT2D eigenvalue weighted by Gasteiger charge is -2.22. The Morgan fingerprint density at radius 2 is 2.10 bits per heavy atom. The number of rotatable bonds is 3. The van der Waals surface area contributed by atoms with Crippen LogP contribution in [0.4, 0.5) is 0 Å². The van der Waals surface area contributed by atoms with Gasteiger partial charge in [-0.15, -0.1) is 0 Å². The maximum Gasteiger partial charge on any atom is 0.224 e. The first-order valence-corrected chi connectivity index (χ1v) is 7.48. The lowest BCUT2D eigenvalue weighted by molar-refractivity contribution is -0.121. The maximum atomic E-state index is 12.2. The van der Waals surface area contributed by atoms with Crippen LogP contribution >= 0.6 is 0 Å². The van der Waals surface area contributed by atoms with E-state index >= 15 is 0 Å². The number of fused-ring (bicyclic) bond motifs is 1. The molecular formula is C17H21NO2. The van der Waals surface area contributed by atoms with Gasteiger partial charge >= 0.3 is 0 Å². The van der Waals surface area contributed by atoms with E-state index in [-0.39, 0.29) is 5.91 Å². The summed E-state index contributed by atoms with van der Waals surface area (Å²) in [6, 6.07) is 6.45. The zero-order valence-electron chi connectivity index (χ0n) is 11.9. The molecule has 1 aliphatic rings. The highest BCUT2D eigenvalue weighted by Crippen LogP contribution is 2.23. The second kappa shape index (κ2) is 5.70. The van der Waals surface area contributed by atoms with Gasteiger partial charge in [0.05, 0.1) is 12.7 Å². The molecule has 1 saturated carbocycles. The van der Waals surface area contributed by atoms with E-state index in [0.717, 1.165) is 29.4 Å².